The minimum absolute atomic E-state index is 0.0852. The van der Waals surface area contributed by atoms with E-state index < -0.39 is 10.0 Å². The molecule has 1 atom stereocenters. The van der Waals surface area contributed by atoms with Gasteiger partial charge >= 0.3 is 0 Å². The normalized spacial score (nSPS) is 21.2. The lowest BCUT2D eigenvalue weighted by atomic mass is 10.0. The fraction of sp³-hybridized carbons (Fsp3) is 0.682. The highest BCUT2D eigenvalue weighted by molar-refractivity contribution is 7.88. The number of hydrogen-bond acceptors (Lipinski definition) is 5. The van der Waals surface area contributed by atoms with Gasteiger partial charge in [0.1, 0.15) is 0 Å². The summed E-state index contributed by atoms with van der Waals surface area (Å²) >= 11 is 0. The summed E-state index contributed by atoms with van der Waals surface area (Å²) in [6, 6.07) is 10.8. The van der Waals surface area contributed by atoms with E-state index >= 15 is 0 Å². The molecule has 7 nitrogen and oxygen atoms in total. The molecule has 3 rings (SSSR count). The molecule has 0 spiro atoms. The number of carbonyl (C=O) groups excluding carboxylic acids is 1. The van der Waals surface area contributed by atoms with Crippen LogP contribution in [0.3, 0.4) is 0 Å². The predicted octanol–water partition coefficient (Wildman–Crippen LogP) is 1.64. The van der Waals surface area contributed by atoms with Gasteiger partial charge in [0.2, 0.25) is 15.9 Å². The van der Waals surface area contributed by atoms with Crippen LogP contribution in [0.15, 0.2) is 30.3 Å². The molecule has 2 heterocycles. The van der Waals surface area contributed by atoms with Crippen molar-refractivity contribution < 1.29 is 17.9 Å². The first kappa shape index (κ1) is 23.2. The van der Waals surface area contributed by atoms with Crippen molar-refractivity contribution in [3.05, 3.63) is 35.9 Å². The fourth-order valence-electron chi connectivity index (χ4n) is 4.47. The molecule has 1 aromatic carbocycles. The largest absolute Gasteiger partial charge is 0.381 e. The quantitative estimate of drug-likeness (QED) is 0.602. The summed E-state index contributed by atoms with van der Waals surface area (Å²) in [5, 5.41) is 3.06. The molecule has 2 saturated heterocycles. The van der Waals surface area contributed by atoms with Gasteiger partial charge in [-0.3, -0.25) is 9.69 Å². The Morgan fingerprint density at radius 1 is 1.17 bits per heavy atom. The van der Waals surface area contributed by atoms with E-state index in [1.165, 1.54) is 11.8 Å². The topological polar surface area (TPSA) is 79.0 Å². The number of nitrogens with zero attached hydrogens (tertiary/aromatic N) is 2. The van der Waals surface area contributed by atoms with Gasteiger partial charge in [-0.25, -0.2) is 12.7 Å². The monoisotopic (exact) mass is 437 g/mol. The molecule has 8 heteroatoms. The number of hydrogen-bond donors (Lipinski definition) is 1. The maximum atomic E-state index is 12.3. The molecule has 0 aliphatic carbocycles. The number of ether oxygens (including phenoxy) is 1. The number of aryl methyl sites for hydroxylation is 1. The van der Waals surface area contributed by atoms with Crippen molar-refractivity contribution in [2.75, 3.05) is 45.6 Å². The lowest BCUT2D eigenvalue weighted by Crippen LogP contribution is -2.50. The second-order valence-corrected chi connectivity index (χ2v) is 10.3. The summed E-state index contributed by atoms with van der Waals surface area (Å²) in [4.78, 5) is 14.7. The Balaban J connectivity index is 1.45. The maximum absolute atomic E-state index is 12.3. The van der Waals surface area contributed by atoms with Crippen LogP contribution in [0.2, 0.25) is 0 Å². The number of sulfonamides is 1. The maximum Gasteiger partial charge on any atom is 0.220 e. The van der Waals surface area contributed by atoms with Gasteiger partial charge in [0.05, 0.1) is 6.26 Å². The second kappa shape index (κ2) is 11.2. The smallest absolute Gasteiger partial charge is 0.220 e. The Morgan fingerprint density at radius 3 is 2.57 bits per heavy atom. The van der Waals surface area contributed by atoms with Crippen molar-refractivity contribution in [2.45, 2.75) is 50.6 Å². The molecule has 0 bridgehead atoms. The van der Waals surface area contributed by atoms with Crippen LogP contribution in [0.1, 0.15) is 37.7 Å². The molecule has 168 valence electrons. The molecule has 30 heavy (non-hydrogen) atoms. The zero-order chi connectivity index (χ0) is 21.4. The van der Waals surface area contributed by atoms with E-state index in [-0.39, 0.29) is 11.9 Å². The molecule has 2 fully saturated rings. The molecule has 0 aromatic heterocycles. The third-order valence-corrected chi connectivity index (χ3v) is 7.40. The molecule has 2 aliphatic heterocycles. The van der Waals surface area contributed by atoms with E-state index in [9.17, 15) is 13.2 Å². The Kier molecular flexibility index (Phi) is 8.68. The lowest BCUT2D eigenvalue weighted by molar-refractivity contribution is -0.121. The van der Waals surface area contributed by atoms with Gasteiger partial charge in [-0.2, -0.15) is 0 Å². The first-order valence-corrected chi connectivity index (χ1v) is 12.9. The van der Waals surface area contributed by atoms with Gasteiger partial charge in [-0.05, 0) is 37.7 Å². The third-order valence-electron chi connectivity index (χ3n) is 6.13. The molecule has 0 saturated carbocycles. The first-order chi connectivity index (χ1) is 14.4. The van der Waals surface area contributed by atoms with Crippen molar-refractivity contribution in [1.82, 2.24) is 14.5 Å². The van der Waals surface area contributed by atoms with E-state index in [0.717, 1.165) is 51.9 Å². The summed E-state index contributed by atoms with van der Waals surface area (Å²) in [7, 11) is -3.15. The van der Waals surface area contributed by atoms with Crippen LogP contribution < -0.4 is 5.32 Å². The Morgan fingerprint density at radius 2 is 1.90 bits per heavy atom. The zero-order valence-electron chi connectivity index (χ0n) is 18.0. The fourth-order valence-corrected chi connectivity index (χ4v) is 5.35. The Bertz CT molecular complexity index is 766. The summed E-state index contributed by atoms with van der Waals surface area (Å²) in [6.45, 7) is 3.95. The summed E-state index contributed by atoms with van der Waals surface area (Å²) in [6.07, 6.45) is 6.31. The number of benzene rings is 1. The lowest BCUT2D eigenvalue weighted by Gasteiger charge is -2.38. The van der Waals surface area contributed by atoms with Gasteiger partial charge in [-0.1, -0.05) is 30.3 Å². The second-order valence-electron chi connectivity index (χ2n) is 8.33. The predicted molar refractivity (Wildman–Crippen MR) is 118 cm³/mol. The van der Waals surface area contributed by atoms with Crippen LogP contribution in [-0.4, -0.2) is 81.3 Å². The number of carbonyl (C=O) groups is 1. The molecule has 0 radical (unpaired) electrons. The van der Waals surface area contributed by atoms with E-state index in [4.69, 9.17) is 4.74 Å². The molecule has 1 aromatic rings. The van der Waals surface area contributed by atoms with Crippen molar-refractivity contribution >= 4 is 15.9 Å². The van der Waals surface area contributed by atoms with Crippen LogP contribution in [0.5, 0.6) is 0 Å². The molecule has 1 amide bonds. The molecular formula is C22H35N3O4S. The van der Waals surface area contributed by atoms with Crippen LogP contribution in [0, 0.1) is 0 Å². The molecular weight excluding hydrogens is 402 g/mol. The Hall–Kier alpha value is -1.48. The van der Waals surface area contributed by atoms with Crippen LogP contribution in [-0.2, 0) is 26.0 Å². The standard InChI is InChI=1S/C22H35N3O4S/c1-30(27,28)24-14-10-21(18-24)25(20-11-16-29-17-12-20)15-13-23-22(26)9-5-8-19-6-3-2-4-7-19/h2-4,6-7,20-21H,5,8-18H2,1H3,(H,23,26). The third kappa shape index (κ3) is 7.04. The molecule has 2 aliphatic rings. The summed E-state index contributed by atoms with van der Waals surface area (Å²) < 4.78 is 30.9. The zero-order valence-corrected chi connectivity index (χ0v) is 18.8. The first-order valence-electron chi connectivity index (χ1n) is 11.0. The van der Waals surface area contributed by atoms with Crippen LogP contribution in [0.25, 0.3) is 0 Å². The number of rotatable bonds is 10. The highest BCUT2D eigenvalue weighted by atomic mass is 32.2. The van der Waals surface area contributed by atoms with Crippen molar-refractivity contribution in [3.8, 4) is 0 Å². The average Bonchev–Trinajstić information content (AvgIpc) is 3.23. The summed E-state index contributed by atoms with van der Waals surface area (Å²) in [5.41, 5.74) is 1.26. The highest BCUT2D eigenvalue weighted by Gasteiger charge is 2.35. The van der Waals surface area contributed by atoms with Crippen LogP contribution >= 0.6 is 0 Å². The minimum atomic E-state index is -3.15. The van der Waals surface area contributed by atoms with Crippen molar-refractivity contribution in [3.63, 3.8) is 0 Å². The van der Waals surface area contributed by atoms with Gasteiger partial charge in [-0.15, -0.1) is 0 Å². The molecule has 1 unspecified atom stereocenters. The summed E-state index contributed by atoms with van der Waals surface area (Å²) in [5.74, 6) is 0.0852. The van der Waals surface area contributed by atoms with Gasteiger partial charge < -0.3 is 10.1 Å². The Labute approximate surface area is 180 Å². The van der Waals surface area contributed by atoms with Crippen LogP contribution in [0.4, 0.5) is 0 Å². The molecule has 1 N–H and O–H groups in total. The van der Waals surface area contributed by atoms with E-state index in [1.807, 2.05) is 18.2 Å². The number of nitrogens with one attached hydrogen (secondary N) is 1. The average molecular weight is 438 g/mol. The minimum Gasteiger partial charge on any atom is -0.381 e. The highest BCUT2D eigenvalue weighted by Crippen LogP contribution is 2.24. The van der Waals surface area contributed by atoms with Gasteiger partial charge in [0.25, 0.3) is 0 Å². The van der Waals surface area contributed by atoms with Crippen molar-refractivity contribution in [1.29, 1.82) is 0 Å². The van der Waals surface area contributed by atoms with E-state index in [1.54, 1.807) is 4.31 Å². The van der Waals surface area contributed by atoms with E-state index in [2.05, 4.69) is 22.3 Å². The van der Waals surface area contributed by atoms with Gasteiger partial charge in [0.15, 0.2) is 0 Å². The van der Waals surface area contributed by atoms with Crippen molar-refractivity contribution in [2.24, 2.45) is 0 Å². The van der Waals surface area contributed by atoms with E-state index in [0.29, 0.717) is 32.1 Å². The van der Waals surface area contributed by atoms with Gasteiger partial charge in [0, 0.05) is 57.9 Å². The number of amides is 1. The SMILES string of the molecule is CS(=O)(=O)N1CCC(N(CCNC(=O)CCCc2ccccc2)C2CCOCC2)C1.